The predicted octanol–water partition coefficient (Wildman–Crippen LogP) is 4.43. The maximum absolute atomic E-state index is 12.7. The number of phenolic OH excluding ortho intramolecular Hbond substituents is 1. The van der Waals surface area contributed by atoms with E-state index in [1.165, 1.54) is 12.1 Å². The molecule has 5 nitrogen and oxygen atoms in total. The van der Waals surface area contributed by atoms with Crippen molar-refractivity contribution in [2.75, 3.05) is 0 Å². The minimum atomic E-state index is -0.461. The molecule has 1 aliphatic carbocycles. The van der Waals surface area contributed by atoms with E-state index >= 15 is 0 Å². The van der Waals surface area contributed by atoms with E-state index in [1.807, 2.05) is 0 Å². The lowest BCUT2D eigenvalue weighted by Crippen LogP contribution is -2.21. The van der Waals surface area contributed by atoms with Crippen LogP contribution in [0.15, 0.2) is 36.4 Å². The maximum atomic E-state index is 12.7. The molecule has 1 N–H and O–H groups in total. The SMILES string of the molecule is CCCCCCCC(=O)Oc1ccc2c(c1O)C(=O)c1ccccc1C2=O. The van der Waals surface area contributed by atoms with Crippen LogP contribution in [0.1, 0.15) is 77.3 Å². The van der Waals surface area contributed by atoms with Gasteiger partial charge in [-0.1, -0.05) is 56.9 Å². The van der Waals surface area contributed by atoms with Crippen molar-refractivity contribution in [1.29, 1.82) is 0 Å². The first-order valence-corrected chi connectivity index (χ1v) is 9.29. The summed E-state index contributed by atoms with van der Waals surface area (Å²) in [5.74, 6) is -1.79. The van der Waals surface area contributed by atoms with E-state index in [0.717, 1.165) is 32.1 Å². The largest absolute Gasteiger partial charge is 0.504 e. The Bertz CT molecular complexity index is 898. The number of carbonyl (C=O) groups is 3. The number of benzene rings is 2. The highest BCUT2D eigenvalue weighted by molar-refractivity contribution is 6.29. The fourth-order valence-electron chi connectivity index (χ4n) is 3.28. The second-order valence-corrected chi connectivity index (χ2v) is 6.68. The third-order valence-electron chi connectivity index (χ3n) is 4.74. The Hall–Kier alpha value is -2.95. The summed E-state index contributed by atoms with van der Waals surface area (Å²) in [7, 11) is 0. The van der Waals surface area contributed by atoms with Gasteiger partial charge in [0.2, 0.25) is 0 Å². The van der Waals surface area contributed by atoms with Gasteiger partial charge >= 0.3 is 5.97 Å². The average molecular weight is 366 g/mol. The van der Waals surface area contributed by atoms with Crippen LogP contribution in [0.5, 0.6) is 11.5 Å². The molecule has 0 heterocycles. The summed E-state index contributed by atoms with van der Waals surface area (Å²) in [6.45, 7) is 2.12. The number of aromatic hydroxyl groups is 1. The topological polar surface area (TPSA) is 80.7 Å². The van der Waals surface area contributed by atoms with Crippen LogP contribution >= 0.6 is 0 Å². The van der Waals surface area contributed by atoms with Crippen LogP contribution in [-0.4, -0.2) is 22.6 Å². The van der Waals surface area contributed by atoms with Crippen molar-refractivity contribution in [3.63, 3.8) is 0 Å². The Morgan fingerprint density at radius 2 is 1.56 bits per heavy atom. The third-order valence-corrected chi connectivity index (χ3v) is 4.74. The molecule has 0 saturated heterocycles. The molecule has 0 amide bonds. The van der Waals surface area contributed by atoms with Crippen molar-refractivity contribution in [2.45, 2.75) is 45.4 Å². The average Bonchev–Trinajstić information content (AvgIpc) is 2.67. The zero-order valence-electron chi connectivity index (χ0n) is 15.3. The maximum Gasteiger partial charge on any atom is 0.311 e. The lowest BCUT2D eigenvalue weighted by molar-refractivity contribution is -0.134. The van der Waals surface area contributed by atoms with E-state index < -0.39 is 17.5 Å². The zero-order chi connectivity index (χ0) is 19.4. The monoisotopic (exact) mass is 366 g/mol. The molecule has 3 rings (SSSR count). The first-order valence-electron chi connectivity index (χ1n) is 9.29. The Morgan fingerprint density at radius 1 is 0.889 bits per heavy atom. The molecule has 0 unspecified atom stereocenters. The molecule has 0 radical (unpaired) electrons. The van der Waals surface area contributed by atoms with Crippen LogP contribution in [0, 0.1) is 0 Å². The van der Waals surface area contributed by atoms with E-state index in [2.05, 4.69) is 6.92 Å². The first kappa shape index (κ1) is 18.8. The molecule has 5 heteroatoms. The van der Waals surface area contributed by atoms with Crippen molar-refractivity contribution in [3.05, 3.63) is 58.7 Å². The van der Waals surface area contributed by atoms with Crippen LogP contribution in [-0.2, 0) is 4.79 Å². The highest BCUT2D eigenvalue weighted by Gasteiger charge is 2.33. The van der Waals surface area contributed by atoms with Gasteiger partial charge in [0.25, 0.3) is 0 Å². The molecule has 2 aromatic carbocycles. The number of ether oxygens (including phenoxy) is 1. The summed E-state index contributed by atoms with van der Waals surface area (Å²) in [5.41, 5.74) is 0.568. The minimum Gasteiger partial charge on any atom is -0.504 e. The highest BCUT2D eigenvalue weighted by Crippen LogP contribution is 2.38. The van der Waals surface area contributed by atoms with Gasteiger partial charge in [-0.25, -0.2) is 0 Å². The summed E-state index contributed by atoms with van der Waals surface area (Å²) in [6, 6.07) is 9.27. The Morgan fingerprint density at radius 3 is 2.26 bits per heavy atom. The molecule has 2 aromatic rings. The number of phenols is 1. The molecule has 0 aliphatic heterocycles. The van der Waals surface area contributed by atoms with E-state index in [1.54, 1.807) is 24.3 Å². The van der Waals surface area contributed by atoms with Crippen molar-refractivity contribution < 1.29 is 24.2 Å². The number of carbonyl (C=O) groups excluding carboxylic acids is 3. The van der Waals surface area contributed by atoms with Gasteiger partial charge in [-0.15, -0.1) is 0 Å². The lowest BCUT2D eigenvalue weighted by Gasteiger charge is -2.19. The molecule has 0 spiro atoms. The quantitative estimate of drug-likeness (QED) is 0.380. The van der Waals surface area contributed by atoms with Gasteiger partial charge in [-0.05, 0) is 18.6 Å². The molecular weight excluding hydrogens is 344 g/mol. The second kappa shape index (κ2) is 8.16. The van der Waals surface area contributed by atoms with E-state index in [0.29, 0.717) is 5.56 Å². The molecular formula is C22H22O5. The molecule has 140 valence electrons. The summed E-state index contributed by atoms with van der Waals surface area (Å²) >= 11 is 0. The summed E-state index contributed by atoms with van der Waals surface area (Å²) < 4.78 is 5.24. The lowest BCUT2D eigenvalue weighted by atomic mass is 9.83. The minimum absolute atomic E-state index is 0.0900. The van der Waals surface area contributed by atoms with Gasteiger partial charge in [0, 0.05) is 23.1 Å². The van der Waals surface area contributed by atoms with Gasteiger partial charge in [-0.3, -0.25) is 14.4 Å². The molecule has 0 atom stereocenters. The Balaban J connectivity index is 1.78. The number of hydrogen-bond acceptors (Lipinski definition) is 5. The second-order valence-electron chi connectivity index (χ2n) is 6.68. The van der Waals surface area contributed by atoms with Crippen LogP contribution < -0.4 is 4.74 Å². The number of unbranched alkanes of at least 4 members (excludes halogenated alkanes) is 4. The van der Waals surface area contributed by atoms with Crippen LogP contribution in [0.25, 0.3) is 0 Å². The summed E-state index contributed by atoms with van der Waals surface area (Å²) in [4.78, 5) is 37.4. The van der Waals surface area contributed by atoms with Gasteiger partial charge in [0.05, 0.1) is 5.56 Å². The molecule has 27 heavy (non-hydrogen) atoms. The normalized spacial score (nSPS) is 12.5. The van der Waals surface area contributed by atoms with Crippen LogP contribution in [0.2, 0.25) is 0 Å². The van der Waals surface area contributed by atoms with Crippen molar-refractivity contribution in [1.82, 2.24) is 0 Å². The molecule has 0 aromatic heterocycles. The number of esters is 1. The van der Waals surface area contributed by atoms with Crippen LogP contribution in [0.4, 0.5) is 0 Å². The number of ketones is 2. The van der Waals surface area contributed by atoms with Crippen molar-refractivity contribution in [3.8, 4) is 11.5 Å². The van der Waals surface area contributed by atoms with Crippen LogP contribution in [0.3, 0.4) is 0 Å². The highest BCUT2D eigenvalue weighted by atomic mass is 16.5. The van der Waals surface area contributed by atoms with E-state index in [4.69, 9.17) is 4.74 Å². The fraction of sp³-hybridized carbons (Fsp3) is 0.318. The number of fused-ring (bicyclic) bond motifs is 2. The smallest absolute Gasteiger partial charge is 0.311 e. The van der Waals surface area contributed by atoms with Gasteiger partial charge < -0.3 is 9.84 Å². The zero-order valence-corrected chi connectivity index (χ0v) is 15.3. The van der Waals surface area contributed by atoms with Gasteiger partial charge in [0.1, 0.15) is 0 Å². The third kappa shape index (κ3) is 3.77. The first-order chi connectivity index (χ1) is 13.0. The fourth-order valence-corrected chi connectivity index (χ4v) is 3.28. The molecule has 0 saturated carbocycles. The summed E-state index contributed by atoms with van der Waals surface area (Å²) in [5, 5.41) is 10.5. The van der Waals surface area contributed by atoms with Gasteiger partial charge in [0.15, 0.2) is 23.1 Å². The summed E-state index contributed by atoms with van der Waals surface area (Å²) in [6.07, 6.45) is 5.25. The molecule has 0 bridgehead atoms. The Kier molecular flexibility index (Phi) is 5.69. The van der Waals surface area contributed by atoms with E-state index in [-0.39, 0.29) is 34.6 Å². The predicted molar refractivity (Wildman–Crippen MR) is 100 cm³/mol. The van der Waals surface area contributed by atoms with Crippen molar-refractivity contribution in [2.24, 2.45) is 0 Å². The van der Waals surface area contributed by atoms with Gasteiger partial charge in [-0.2, -0.15) is 0 Å². The molecule has 0 fully saturated rings. The molecule has 1 aliphatic rings. The standard InChI is InChI=1S/C22H22O5/c1-2-3-4-5-6-11-18(23)27-17-13-12-16-19(22(17)26)21(25)15-10-8-7-9-14(15)20(16)24/h7-10,12-13,26H,2-6,11H2,1H3. The van der Waals surface area contributed by atoms with E-state index in [9.17, 15) is 19.5 Å². The number of hydrogen-bond donors (Lipinski definition) is 1. The van der Waals surface area contributed by atoms with Crippen molar-refractivity contribution >= 4 is 17.5 Å². The number of rotatable bonds is 7. The Labute approximate surface area is 158 Å².